The third-order valence-electron chi connectivity index (χ3n) is 2.58. The summed E-state index contributed by atoms with van der Waals surface area (Å²) in [6.45, 7) is 3.66. The molecule has 0 amide bonds. The maximum atomic E-state index is 5.12. The molecule has 0 atom stereocenters. The molecule has 0 spiro atoms. The molecular weight excluding hydrogens is 220 g/mol. The van der Waals surface area contributed by atoms with Crippen LogP contribution in [0.15, 0.2) is 84.0 Å². The standard InChI is InChI=1S/C9H10.C8H6O/c1-2-6-9-7-4-3-5-8-9;1-2-4-8-7(3-1)5-6-9-8/h2-5,7-8H,1,6H2;1-6H. The summed E-state index contributed by atoms with van der Waals surface area (Å²) in [5.74, 6) is 0. The summed E-state index contributed by atoms with van der Waals surface area (Å²) in [5.41, 5.74) is 2.28. The van der Waals surface area contributed by atoms with Gasteiger partial charge in [0.05, 0.1) is 6.26 Å². The van der Waals surface area contributed by atoms with Gasteiger partial charge in [-0.05, 0) is 24.1 Å². The Morgan fingerprint density at radius 3 is 2.33 bits per heavy atom. The van der Waals surface area contributed by atoms with E-state index in [0.29, 0.717) is 0 Å². The largest absolute Gasteiger partial charge is 0.464 e. The average Bonchev–Trinajstić information content (AvgIpc) is 2.89. The molecule has 0 saturated heterocycles. The molecule has 1 aromatic heterocycles. The highest BCUT2D eigenvalue weighted by molar-refractivity contribution is 5.76. The molecule has 0 saturated carbocycles. The van der Waals surface area contributed by atoms with Gasteiger partial charge >= 0.3 is 0 Å². The number of allylic oxidation sites excluding steroid dienone is 1. The van der Waals surface area contributed by atoms with Crippen molar-refractivity contribution in [2.75, 3.05) is 0 Å². The van der Waals surface area contributed by atoms with Crippen molar-refractivity contribution in [3.8, 4) is 0 Å². The molecule has 1 heterocycles. The van der Waals surface area contributed by atoms with Crippen molar-refractivity contribution in [3.05, 3.63) is 85.1 Å². The van der Waals surface area contributed by atoms with E-state index in [1.165, 1.54) is 5.56 Å². The van der Waals surface area contributed by atoms with Crippen molar-refractivity contribution in [1.82, 2.24) is 0 Å². The lowest BCUT2D eigenvalue weighted by Crippen LogP contribution is -1.75. The zero-order valence-corrected chi connectivity index (χ0v) is 10.3. The van der Waals surface area contributed by atoms with Gasteiger partial charge in [-0.15, -0.1) is 6.58 Å². The molecule has 1 heteroatoms. The molecule has 18 heavy (non-hydrogen) atoms. The zero-order valence-electron chi connectivity index (χ0n) is 10.3. The Morgan fingerprint density at radius 2 is 1.61 bits per heavy atom. The van der Waals surface area contributed by atoms with Gasteiger partial charge in [0.25, 0.3) is 0 Å². The van der Waals surface area contributed by atoms with E-state index in [-0.39, 0.29) is 0 Å². The molecule has 0 fully saturated rings. The third kappa shape index (κ3) is 3.36. The van der Waals surface area contributed by atoms with Gasteiger partial charge in [-0.3, -0.25) is 0 Å². The summed E-state index contributed by atoms with van der Waals surface area (Å²) in [4.78, 5) is 0. The van der Waals surface area contributed by atoms with Crippen molar-refractivity contribution in [2.45, 2.75) is 6.42 Å². The van der Waals surface area contributed by atoms with E-state index in [1.807, 2.05) is 54.6 Å². The fourth-order valence-corrected chi connectivity index (χ4v) is 1.69. The highest BCUT2D eigenvalue weighted by Gasteiger charge is 1.89. The fourth-order valence-electron chi connectivity index (χ4n) is 1.69. The molecule has 90 valence electrons. The highest BCUT2D eigenvalue weighted by Crippen LogP contribution is 2.12. The van der Waals surface area contributed by atoms with Gasteiger partial charge in [0.2, 0.25) is 0 Å². The van der Waals surface area contributed by atoms with Crippen LogP contribution in [0.5, 0.6) is 0 Å². The van der Waals surface area contributed by atoms with E-state index in [2.05, 4.69) is 18.7 Å². The third-order valence-corrected chi connectivity index (χ3v) is 2.58. The van der Waals surface area contributed by atoms with Gasteiger partial charge in [0.1, 0.15) is 5.58 Å². The van der Waals surface area contributed by atoms with Gasteiger partial charge in [-0.2, -0.15) is 0 Å². The first-order valence-electron chi connectivity index (χ1n) is 5.97. The molecule has 0 radical (unpaired) electrons. The average molecular weight is 236 g/mol. The second-order valence-electron chi connectivity index (χ2n) is 3.94. The van der Waals surface area contributed by atoms with Crippen molar-refractivity contribution in [1.29, 1.82) is 0 Å². The fraction of sp³-hybridized carbons (Fsp3) is 0.0588. The van der Waals surface area contributed by atoms with E-state index in [4.69, 9.17) is 4.42 Å². The van der Waals surface area contributed by atoms with Crippen LogP contribution in [0.4, 0.5) is 0 Å². The Balaban J connectivity index is 0.000000134. The van der Waals surface area contributed by atoms with Crippen molar-refractivity contribution >= 4 is 11.0 Å². The van der Waals surface area contributed by atoms with Crippen LogP contribution in [-0.2, 0) is 6.42 Å². The van der Waals surface area contributed by atoms with E-state index in [9.17, 15) is 0 Å². The van der Waals surface area contributed by atoms with Gasteiger partial charge in [-0.25, -0.2) is 0 Å². The predicted molar refractivity (Wildman–Crippen MR) is 76.6 cm³/mol. The summed E-state index contributed by atoms with van der Waals surface area (Å²) < 4.78 is 5.12. The maximum Gasteiger partial charge on any atom is 0.133 e. The Morgan fingerprint density at radius 1 is 0.889 bits per heavy atom. The van der Waals surface area contributed by atoms with Gasteiger partial charge in [0, 0.05) is 5.39 Å². The lowest BCUT2D eigenvalue weighted by atomic mass is 10.2. The molecular formula is C17H16O. The minimum Gasteiger partial charge on any atom is -0.464 e. The highest BCUT2D eigenvalue weighted by atomic mass is 16.3. The summed E-state index contributed by atoms with van der Waals surface area (Å²) >= 11 is 0. The molecule has 0 aliphatic heterocycles. The number of fused-ring (bicyclic) bond motifs is 1. The summed E-state index contributed by atoms with van der Waals surface area (Å²) in [6.07, 6.45) is 4.58. The Labute approximate surface area is 107 Å². The molecule has 0 N–H and O–H groups in total. The predicted octanol–water partition coefficient (Wildman–Crippen LogP) is 4.85. The van der Waals surface area contributed by atoms with E-state index in [1.54, 1.807) is 6.26 Å². The molecule has 3 aromatic rings. The summed E-state index contributed by atoms with van der Waals surface area (Å²) in [5, 5.41) is 1.16. The number of para-hydroxylation sites is 1. The maximum absolute atomic E-state index is 5.12. The zero-order chi connectivity index (χ0) is 12.6. The van der Waals surface area contributed by atoms with Crippen LogP contribution in [0.2, 0.25) is 0 Å². The van der Waals surface area contributed by atoms with Gasteiger partial charge < -0.3 is 4.42 Å². The number of rotatable bonds is 2. The first-order valence-corrected chi connectivity index (χ1v) is 5.97. The van der Waals surface area contributed by atoms with Crippen LogP contribution in [0.1, 0.15) is 5.56 Å². The summed E-state index contributed by atoms with van der Waals surface area (Å²) in [7, 11) is 0. The molecule has 0 bridgehead atoms. The lowest BCUT2D eigenvalue weighted by Gasteiger charge is -1.91. The molecule has 0 aliphatic rings. The quantitative estimate of drug-likeness (QED) is 0.580. The smallest absolute Gasteiger partial charge is 0.133 e. The number of hydrogen-bond acceptors (Lipinski definition) is 1. The Kier molecular flexibility index (Phi) is 4.37. The van der Waals surface area contributed by atoms with Crippen LogP contribution in [-0.4, -0.2) is 0 Å². The van der Waals surface area contributed by atoms with Crippen LogP contribution in [0.3, 0.4) is 0 Å². The van der Waals surface area contributed by atoms with Crippen molar-refractivity contribution in [3.63, 3.8) is 0 Å². The minimum atomic E-state index is 0.956. The van der Waals surface area contributed by atoms with Crippen LogP contribution in [0, 0.1) is 0 Å². The molecule has 0 aliphatic carbocycles. The minimum absolute atomic E-state index is 0.956. The second kappa shape index (κ2) is 6.45. The SMILES string of the molecule is C=CCc1ccccc1.c1ccc2occc2c1. The van der Waals surface area contributed by atoms with E-state index >= 15 is 0 Å². The second-order valence-corrected chi connectivity index (χ2v) is 3.94. The number of hydrogen-bond donors (Lipinski definition) is 0. The first kappa shape index (κ1) is 12.2. The number of furan rings is 1. The number of benzene rings is 2. The summed E-state index contributed by atoms with van der Waals surface area (Å²) in [6, 6.07) is 20.2. The van der Waals surface area contributed by atoms with Crippen molar-refractivity contribution < 1.29 is 4.42 Å². The molecule has 0 unspecified atom stereocenters. The molecule has 2 aromatic carbocycles. The lowest BCUT2D eigenvalue weighted by molar-refractivity contribution is 0.616. The molecule has 3 rings (SSSR count). The van der Waals surface area contributed by atoms with Crippen LogP contribution < -0.4 is 0 Å². The Bertz CT molecular complexity index is 563. The van der Waals surface area contributed by atoms with Crippen LogP contribution >= 0.6 is 0 Å². The Hall–Kier alpha value is -2.28. The molecule has 1 nitrogen and oxygen atoms in total. The van der Waals surface area contributed by atoms with Gasteiger partial charge in [0.15, 0.2) is 0 Å². The normalized spacial score (nSPS) is 9.56. The monoisotopic (exact) mass is 236 g/mol. The first-order chi connectivity index (χ1) is 8.90. The van der Waals surface area contributed by atoms with Crippen LogP contribution in [0.25, 0.3) is 11.0 Å². The van der Waals surface area contributed by atoms with E-state index in [0.717, 1.165) is 17.4 Å². The van der Waals surface area contributed by atoms with Crippen molar-refractivity contribution in [2.24, 2.45) is 0 Å². The topological polar surface area (TPSA) is 13.1 Å². The van der Waals surface area contributed by atoms with Gasteiger partial charge in [-0.1, -0.05) is 54.6 Å². The van der Waals surface area contributed by atoms with E-state index < -0.39 is 0 Å².